The Morgan fingerprint density at radius 3 is 2.39 bits per heavy atom. The Labute approximate surface area is 206 Å². The van der Waals surface area contributed by atoms with Crippen LogP contribution in [0, 0.1) is 0 Å². The van der Waals surface area contributed by atoms with E-state index in [1.165, 1.54) is 4.57 Å². The summed E-state index contributed by atoms with van der Waals surface area (Å²) in [6.45, 7) is 1.50. The Kier molecular flexibility index (Phi) is 6.45. The molecule has 4 aromatic rings. The van der Waals surface area contributed by atoms with Crippen molar-refractivity contribution in [3.05, 3.63) is 75.4 Å². The third kappa shape index (κ3) is 4.32. The summed E-state index contributed by atoms with van der Waals surface area (Å²) in [4.78, 5) is 54.7. The van der Waals surface area contributed by atoms with Gasteiger partial charge in [0.25, 0.3) is 5.56 Å². The fraction of sp³-hybridized carbons (Fsp3) is 0.333. The van der Waals surface area contributed by atoms with Crippen LogP contribution in [-0.4, -0.2) is 33.5 Å². The number of hydrogen-bond donors (Lipinski definition) is 1. The Bertz CT molecular complexity index is 1540. The molecule has 2 heterocycles. The lowest BCUT2D eigenvalue weighted by molar-refractivity contribution is -0.122. The van der Waals surface area contributed by atoms with Crippen LogP contribution in [0.2, 0.25) is 0 Å². The molecule has 1 N–H and O–H groups in total. The fourth-order valence-corrected chi connectivity index (χ4v) is 5.00. The Morgan fingerprint density at radius 2 is 1.67 bits per heavy atom. The van der Waals surface area contributed by atoms with E-state index in [1.54, 1.807) is 29.2 Å². The zero-order chi connectivity index (χ0) is 25.2. The summed E-state index contributed by atoms with van der Waals surface area (Å²) in [7, 11) is 0. The van der Waals surface area contributed by atoms with E-state index in [4.69, 9.17) is 4.42 Å². The Hall–Kier alpha value is -4.14. The third-order valence-electron chi connectivity index (χ3n) is 6.74. The highest BCUT2D eigenvalue weighted by Gasteiger charge is 2.25. The van der Waals surface area contributed by atoms with Crippen LogP contribution in [0.25, 0.3) is 22.1 Å². The molecule has 2 aromatic carbocycles. The number of aromatic nitrogens is 2. The van der Waals surface area contributed by atoms with Crippen molar-refractivity contribution in [1.82, 2.24) is 14.5 Å². The van der Waals surface area contributed by atoms with E-state index < -0.39 is 23.7 Å². The van der Waals surface area contributed by atoms with Crippen LogP contribution < -0.4 is 21.5 Å². The van der Waals surface area contributed by atoms with Gasteiger partial charge < -0.3 is 14.6 Å². The van der Waals surface area contributed by atoms with Crippen molar-refractivity contribution in [1.29, 1.82) is 0 Å². The summed E-state index contributed by atoms with van der Waals surface area (Å²) in [5.74, 6) is -0.730. The first-order valence-electron chi connectivity index (χ1n) is 12.3. The van der Waals surface area contributed by atoms with Crippen LogP contribution in [0.4, 0.5) is 5.69 Å². The van der Waals surface area contributed by atoms with Crippen molar-refractivity contribution in [2.75, 3.05) is 11.4 Å². The van der Waals surface area contributed by atoms with Gasteiger partial charge in [0.05, 0.1) is 0 Å². The van der Waals surface area contributed by atoms with Gasteiger partial charge in [-0.2, -0.15) is 0 Å². The lowest BCUT2D eigenvalue weighted by Gasteiger charge is -2.22. The first-order valence-corrected chi connectivity index (χ1v) is 12.3. The molecule has 0 unspecified atom stereocenters. The number of amides is 2. The molecule has 0 radical (unpaired) electrons. The maximum atomic E-state index is 13.6. The molecule has 0 saturated heterocycles. The van der Waals surface area contributed by atoms with Crippen LogP contribution in [0.3, 0.4) is 0 Å². The summed E-state index contributed by atoms with van der Waals surface area (Å²) in [5.41, 5.74) is -0.0834. The second-order valence-corrected chi connectivity index (χ2v) is 9.06. The van der Waals surface area contributed by atoms with Gasteiger partial charge in [0.1, 0.15) is 24.2 Å². The average molecular weight is 489 g/mol. The highest BCUT2D eigenvalue weighted by molar-refractivity contribution is 6.03. The summed E-state index contributed by atoms with van der Waals surface area (Å²) in [6, 6.07) is 16.2. The zero-order valence-corrected chi connectivity index (χ0v) is 20.1. The molecule has 36 heavy (non-hydrogen) atoms. The van der Waals surface area contributed by atoms with E-state index in [0.717, 1.165) is 30.3 Å². The number of hydrogen-bond acceptors (Lipinski definition) is 5. The molecular formula is C27H28N4O5. The summed E-state index contributed by atoms with van der Waals surface area (Å²) >= 11 is 0. The van der Waals surface area contributed by atoms with Crippen molar-refractivity contribution in [3.63, 3.8) is 0 Å². The van der Waals surface area contributed by atoms with Gasteiger partial charge >= 0.3 is 5.69 Å². The number of anilines is 1. The van der Waals surface area contributed by atoms with Gasteiger partial charge in [0.2, 0.25) is 17.4 Å². The minimum atomic E-state index is -0.724. The summed E-state index contributed by atoms with van der Waals surface area (Å²) in [6.07, 6.45) is 3.85. The lowest BCUT2D eigenvalue weighted by atomic mass is 10.2. The van der Waals surface area contributed by atoms with Gasteiger partial charge in [0, 0.05) is 23.7 Å². The predicted molar refractivity (Wildman–Crippen MR) is 137 cm³/mol. The third-order valence-corrected chi connectivity index (χ3v) is 6.74. The van der Waals surface area contributed by atoms with Gasteiger partial charge in [-0.05, 0) is 44.0 Å². The molecule has 5 rings (SSSR count). The molecule has 1 saturated carbocycles. The molecule has 1 fully saturated rings. The summed E-state index contributed by atoms with van der Waals surface area (Å²) in [5, 5.41) is 3.47. The number of nitrogens with one attached hydrogen (secondary N) is 1. The van der Waals surface area contributed by atoms with E-state index in [-0.39, 0.29) is 29.6 Å². The number of benzene rings is 2. The zero-order valence-electron chi connectivity index (χ0n) is 20.1. The molecule has 0 aliphatic heterocycles. The van der Waals surface area contributed by atoms with Crippen LogP contribution in [0.1, 0.15) is 32.6 Å². The van der Waals surface area contributed by atoms with Crippen molar-refractivity contribution in [2.45, 2.75) is 51.7 Å². The quantitative estimate of drug-likeness (QED) is 0.430. The predicted octanol–water partition coefficient (Wildman–Crippen LogP) is 3.02. The first-order chi connectivity index (χ1) is 17.5. The molecule has 0 atom stereocenters. The van der Waals surface area contributed by atoms with Crippen molar-refractivity contribution >= 4 is 39.6 Å². The van der Waals surface area contributed by atoms with Crippen molar-refractivity contribution in [2.24, 2.45) is 0 Å². The monoisotopic (exact) mass is 488 g/mol. The van der Waals surface area contributed by atoms with Gasteiger partial charge in [0.15, 0.2) is 0 Å². The number of nitrogens with zero attached hydrogens (tertiary/aromatic N) is 3. The van der Waals surface area contributed by atoms with Gasteiger partial charge in [-0.3, -0.25) is 19.0 Å². The molecule has 186 valence electrons. The van der Waals surface area contributed by atoms with E-state index in [1.807, 2.05) is 37.3 Å². The van der Waals surface area contributed by atoms with Crippen molar-refractivity contribution in [3.8, 4) is 0 Å². The molecule has 9 heteroatoms. The van der Waals surface area contributed by atoms with E-state index in [0.29, 0.717) is 23.2 Å². The van der Waals surface area contributed by atoms with Crippen LogP contribution in [-0.2, 0) is 22.7 Å². The van der Waals surface area contributed by atoms with Crippen molar-refractivity contribution < 1.29 is 14.0 Å². The minimum absolute atomic E-state index is 0.0518. The fourth-order valence-electron chi connectivity index (χ4n) is 5.00. The maximum absolute atomic E-state index is 13.6. The number of carbonyl (C=O) groups is 2. The number of carbonyl (C=O) groups excluding carboxylic acids is 2. The van der Waals surface area contributed by atoms with E-state index in [2.05, 4.69) is 5.32 Å². The van der Waals surface area contributed by atoms with Gasteiger partial charge in [-0.25, -0.2) is 9.36 Å². The Morgan fingerprint density at radius 1 is 0.972 bits per heavy atom. The van der Waals surface area contributed by atoms with Crippen LogP contribution >= 0.6 is 0 Å². The second-order valence-electron chi connectivity index (χ2n) is 9.06. The molecule has 1 aliphatic carbocycles. The number of rotatable bonds is 7. The molecular weight excluding hydrogens is 460 g/mol. The molecule has 9 nitrogen and oxygen atoms in total. The largest absolute Gasteiger partial charge is 0.449 e. The number of fused-ring (bicyclic) bond motifs is 3. The topological polar surface area (TPSA) is 107 Å². The first kappa shape index (κ1) is 23.6. The number of para-hydroxylation sites is 2. The maximum Gasteiger partial charge on any atom is 0.332 e. The van der Waals surface area contributed by atoms with Crippen LogP contribution in [0.15, 0.2) is 68.6 Å². The number of furan rings is 1. The standard InChI is InChI=1S/C27H28N4O5/c1-2-29(19-12-4-3-5-13-19)23(33)17-30-24-20-14-8-9-15-21(20)36-25(24)26(34)31(27(30)35)16-22(32)28-18-10-6-7-11-18/h3-5,8-9,12-15,18H,2,6-7,10-11,16-17H2,1H3,(H,28,32). The molecule has 1 aliphatic rings. The second kappa shape index (κ2) is 9.85. The normalized spacial score (nSPS) is 13.9. The highest BCUT2D eigenvalue weighted by atomic mass is 16.3. The van der Waals surface area contributed by atoms with Gasteiger partial charge in [-0.1, -0.05) is 43.2 Å². The van der Waals surface area contributed by atoms with Crippen LogP contribution in [0.5, 0.6) is 0 Å². The van der Waals surface area contributed by atoms with E-state index >= 15 is 0 Å². The SMILES string of the molecule is CCN(C(=O)Cn1c(=O)n(CC(=O)NC2CCCC2)c(=O)c2oc3ccccc3c21)c1ccccc1. The minimum Gasteiger partial charge on any atom is -0.449 e. The van der Waals surface area contributed by atoms with E-state index in [9.17, 15) is 19.2 Å². The smallest absolute Gasteiger partial charge is 0.332 e. The lowest BCUT2D eigenvalue weighted by Crippen LogP contribution is -2.46. The van der Waals surface area contributed by atoms with Gasteiger partial charge in [-0.15, -0.1) is 0 Å². The molecule has 2 amide bonds. The highest BCUT2D eigenvalue weighted by Crippen LogP contribution is 2.26. The Balaban J connectivity index is 1.60. The average Bonchev–Trinajstić information content (AvgIpc) is 3.53. The molecule has 0 spiro atoms. The summed E-state index contributed by atoms with van der Waals surface area (Å²) < 4.78 is 7.95. The number of likely N-dealkylation sites (N-methyl/N-ethyl adjacent to an activating group) is 1. The molecule has 2 aromatic heterocycles. The molecule has 0 bridgehead atoms.